The van der Waals surface area contributed by atoms with Gasteiger partial charge in [-0.3, -0.25) is 14.3 Å². The number of amides is 2. The van der Waals surface area contributed by atoms with Crippen LogP contribution in [0.25, 0.3) is 0 Å². The Hall–Kier alpha value is -3.56. The highest BCUT2D eigenvalue weighted by Gasteiger charge is 2.36. The zero-order valence-corrected chi connectivity index (χ0v) is 19.8. The second-order valence-corrected chi connectivity index (χ2v) is 9.77. The highest BCUT2D eigenvalue weighted by atomic mass is 35.5. The lowest BCUT2D eigenvalue weighted by Gasteiger charge is -2.18. The quantitative estimate of drug-likeness (QED) is 0.508. The Morgan fingerprint density at radius 3 is 2.41 bits per heavy atom. The number of halogens is 1. The number of nitrogens with zero attached hydrogens (tertiary/aromatic N) is 1. The molecule has 0 spiro atoms. The molecular weight excluding hydrogens is 478 g/mol. The molecule has 0 aliphatic carbocycles. The first-order chi connectivity index (χ1) is 16.3. The van der Waals surface area contributed by atoms with Gasteiger partial charge in [0.1, 0.15) is 5.75 Å². The molecule has 34 heavy (non-hydrogen) atoms. The van der Waals surface area contributed by atoms with Crippen LogP contribution in [0.5, 0.6) is 5.75 Å². The molecular formula is C24H22ClN3O5S. The summed E-state index contributed by atoms with van der Waals surface area (Å²) in [7, 11) is -2.41. The van der Waals surface area contributed by atoms with E-state index in [-0.39, 0.29) is 29.7 Å². The van der Waals surface area contributed by atoms with Crippen LogP contribution in [-0.2, 0) is 19.6 Å². The van der Waals surface area contributed by atoms with Crippen LogP contribution in [0.1, 0.15) is 6.42 Å². The third-order valence-corrected chi connectivity index (χ3v) is 7.12. The molecule has 10 heteroatoms. The number of ether oxygens (including phenoxy) is 1. The summed E-state index contributed by atoms with van der Waals surface area (Å²) in [6.45, 7) is 0.212. The van der Waals surface area contributed by atoms with E-state index >= 15 is 0 Å². The summed E-state index contributed by atoms with van der Waals surface area (Å²) in [4.78, 5) is 26.7. The summed E-state index contributed by atoms with van der Waals surface area (Å²) >= 11 is 6.19. The Balaban J connectivity index is 1.42. The van der Waals surface area contributed by atoms with Gasteiger partial charge in [0.25, 0.3) is 10.0 Å². The van der Waals surface area contributed by atoms with Gasteiger partial charge in [-0.2, -0.15) is 0 Å². The number of hydrogen-bond acceptors (Lipinski definition) is 5. The van der Waals surface area contributed by atoms with Crippen LogP contribution >= 0.6 is 11.6 Å². The van der Waals surface area contributed by atoms with Gasteiger partial charge in [0.2, 0.25) is 11.8 Å². The van der Waals surface area contributed by atoms with Crippen LogP contribution in [0.4, 0.5) is 17.1 Å². The van der Waals surface area contributed by atoms with E-state index < -0.39 is 15.9 Å². The van der Waals surface area contributed by atoms with Crippen LogP contribution in [0, 0.1) is 5.92 Å². The van der Waals surface area contributed by atoms with Gasteiger partial charge in [0.15, 0.2) is 0 Å². The van der Waals surface area contributed by atoms with E-state index in [2.05, 4.69) is 10.0 Å². The van der Waals surface area contributed by atoms with Crippen molar-refractivity contribution in [2.24, 2.45) is 5.92 Å². The second-order valence-electron chi connectivity index (χ2n) is 7.68. The number of benzene rings is 3. The first-order valence-corrected chi connectivity index (χ1v) is 12.3. The zero-order valence-electron chi connectivity index (χ0n) is 18.2. The van der Waals surface area contributed by atoms with Crippen molar-refractivity contribution < 1.29 is 22.7 Å². The molecule has 1 aliphatic rings. The number of methoxy groups -OCH3 is 1. The first-order valence-electron chi connectivity index (χ1n) is 10.4. The SMILES string of the molecule is COc1ccccc1NS(=O)(=O)c1ccc(NC(=O)C2CC(=O)N(c3ccccc3Cl)C2)cc1. The molecule has 0 radical (unpaired) electrons. The fourth-order valence-corrected chi connectivity index (χ4v) is 4.99. The van der Waals surface area contributed by atoms with Gasteiger partial charge < -0.3 is 15.0 Å². The van der Waals surface area contributed by atoms with Crippen LogP contribution in [0.3, 0.4) is 0 Å². The molecule has 0 bridgehead atoms. The van der Waals surface area contributed by atoms with Crippen LogP contribution < -0.4 is 19.7 Å². The third-order valence-electron chi connectivity index (χ3n) is 5.42. The molecule has 1 aliphatic heterocycles. The number of nitrogens with one attached hydrogen (secondary N) is 2. The van der Waals surface area contributed by atoms with Crippen molar-refractivity contribution in [3.8, 4) is 5.75 Å². The molecule has 3 aromatic rings. The first kappa shape index (κ1) is 23.6. The Bertz CT molecular complexity index is 1330. The number of carbonyl (C=O) groups excluding carboxylic acids is 2. The maximum absolute atomic E-state index is 12.7. The maximum Gasteiger partial charge on any atom is 0.262 e. The van der Waals surface area contributed by atoms with Crippen molar-refractivity contribution in [1.29, 1.82) is 0 Å². The molecule has 1 heterocycles. The largest absolute Gasteiger partial charge is 0.495 e. The lowest BCUT2D eigenvalue weighted by molar-refractivity contribution is -0.122. The normalized spacial score (nSPS) is 15.8. The molecule has 1 unspecified atom stereocenters. The van der Waals surface area contributed by atoms with E-state index in [1.165, 1.54) is 36.3 Å². The summed E-state index contributed by atoms with van der Waals surface area (Å²) in [5.74, 6) is -0.672. The second kappa shape index (κ2) is 9.74. The van der Waals surface area contributed by atoms with Crippen molar-refractivity contribution in [2.45, 2.75) is 11.3 Å². The number of sulfonamides is 1. The lowest BCUT2D eigenvalue weighted by atomic mass is 10.1. The van der Waals surface area contributed by atoms with Crippen molar-refractivity contribution >= 4 is 50.5 Å². The smallest absolute Gasteiger partial charge is 0.262 e. The van der Waals surface area contributed by atoms with Gasteiger partial charge in [-0.25, -0.2) is 8.42 Å². The Morgan fingerprint density at radius 1 is 1.03 bits per heavy atom. The molecule has 1 saturated heterocycles. The van der Waals surface area contributed by atoms with E-state index in [1.54, 1.807) is 48.5 Å². The number of anilines is 3. The number of hydrogen-bond donors (Lipinski definition) is 2. The van der Waals surface area contributed by atoms with E-state index in [0.717, 1.165) is 0 Å². The molecule has 1 fully saturated rings. The van der Waals surface area contributed by atoms with Gasteiger partial charge >= 0.3 is 0 Å². The average Bonchev–Trinajstić information content (AvgIpc) is 3.21. The minimum absolute atomic E-state index is 0.0253. The molecule has 176 valence electrons. The maximum atomic E-state index is 12.7. The Morgan fingerprint density at radius 2 is 1.71 bits per heavy atom. The van der Waals surface area contributed by atoms with E-state index in [1.807, 2.05) is 0 Å². The van der Waals surface area contributed by atoms with E-state index in [9.17, 15) is 18.0 Å². The van der Waals surface area contributed by atoms with Gasteiger partial charge in [0, 0.05) is 18.7 Å². The number of rotatable bonds is 7. The fourth-order valence-electron chi connectivity index (χ4n) is 3.68. The number of carbonyl (C=O) groups is 2. The Kier molecular flexibility index (Phi) is 6.76. The van der Waals surface area contributed by atoms with Crippen LogP contribution in [0.2, 0.25) is 5.02 Å². The summed E-state index contributed by atoms with van der Waals surface area (Å²) in [5.41, 5.74) is 1.31. The molecule has 8 nitrogen and oxygen atoms in total. The Labute approximate surface area is 202 Å². The predicted molar refractivity (Wildman–Crippen MR) is 131 cm³/mol. The van der Waals surface area contributed by atoms with Gasteiger partial charge in [-0.15, -0.1) is 0 Å². The highest BCUT2D eigenvalue weighted by molar-refractivity contribution is 7.92. The van der Waals surface area contributed by atoms with Gasteiger partial charge in [-0.05, 0) is 48.5 Å². The van der Waals surface area contributed by atoms with E-state index in [4.69, 9.17) is 16.3 Å². The summed E-state index contributed by atoms with van der Waals surface area (Å²) in [6.07, 6.45) is 0.0619. The molecule has 0 aromatic heterocycles. The van der Waals surface area contributed by atoms with Crippen molar-refractivity contribution in [3.05, 3.63) is 77.8 Å². The van der Waals surface area contributed by atoms with Crippen LogP contribution in [-0.4, -0.2) is 33.9 Å². The fraction of sp³-hybridized carbons (Fsp3) is 0.167. The molecule has 4 rings (SSSR count). The monoisotopic (exact) mass is 499 g/mol. The summed E-state index contributed by atoms with van der Waals surface area (Å²) < 4.78 is 33.2. The van der Waals surface area contributed by atoms with Crippen molar-refractivity contribution in [2.75, 3.05) is 28.6 Å². The molecule has 0 saturated carbocycles. The molecule has 2 amide bonds. The average molecular weight is 500 g/mol. The molecule has 1 atom stereocenters. The lowest BCUT2D eigenvalue weighted by Crippen LogP contribution is -2.28. The highest BCUT2D eigenvalue weighted by Crippen LogP contribution is 2.31. The standard InChI is InChI=1S/C24H22ClN3O5S/c1-33-22-9-5-3-7-20(22)27-34(31,32)18-12-10-17(11-13-18)26-24(30)16-14-23(29)28(15-16)21-8-4-2-6-19(21)25/h2-13,16,27H,14-15H2,1H3,(H,26,30). The zero-order chi connectivity index (χ0) is 24.3. The topological polar surface area (TPSA) is 105 Å². The third kappa shape index (κ3) is 5.00. The summed E-state index contributed by atoms with van der Waals surface area (Å²) in [5, 5.41) is 3.19. The van der Waals surface area contributed by atoms with Gasteiger partial charge in [-0.1, -0.05) is 35.9 Å². The minimum Gasteiger partial charge on any atom is -0.495 e. The predicted octanol–water partition coefficient (Wildman–Crippen LogP) is 4.14. The van der Waals surface area contributed by atoms with Crippen molar-refractivity contribution in [1.82, 2.24) is 0 Å². The molecule has 2 N–H and O–H groups in total. The number of para-hydroxylation sites is 3. The molecule has 3 aromatic carbocycles. The van der Waals surface area contributed by atoms with E-state index in [0.29, 0.717) is 27.8 Å². The van der Waals surface area contributed by atoms with Gasteiger partial charge in [0.05, 0.1) is 34.3 Å². The van der Waals surface area contributed by atoms with Crippen molar-refractivity contribution in [3.63, 3.8) is 0 Å². The minimum atomic E-state index is -3.86. The van der Waals surface area contributed by atoms with Crippen LogP contribution in [0.15, 0.2) is 77.7 Å². The summed E-state index contributed by atoms with van der Waals surface area (Å²) in [6, 6.07) is 19.4.